The Kier molecular flexibility index (Phi) is 14.3. The molecular weight excluding hydrogens is 491 g/mol. The maximum Gasteiger partial charge on any atom is 0.330 e. The van der Waals surface area contributed by atoms with Crippen molar-refractivity contribution < 1.29 is 14.3 Å². The third-order valence-electron chi connectivity index (χ3n) is 4.86. The first kappa shape index (κ1) is 28.3. The molecule has 0 aliphatic rings. The average molecular weight is 526 g/mol. The van der Waals surface area contributed by atoms with Gasteiger partial charge in [-0.2, -0.15) is 23.5 Å². The quantitative estimate of drug-likeness (QED) is 0.0753. The van der Waals surface area contributed by atoms with Crippen molar-refractivity contribution >= 4 is 64.4 Å². The number of rotatable bonds is 17. The van der Waals surface area contributed by atoms with Gasteiger partial charge in [-0.15, -0.1) is 11.8 Å². The molecule has 0 amide bonds. The second-order valence-corrected chi connectivity index (χ2v) is 11.3. The lowest BCUT2D eigenvalue weighted by Crippen LogP contribution is -2.06. The molecule has 0 saturated heterocycles. The lowest BCUT2D eigenvalue weighted by atomic mass is 10.1. The normalized spacial score (nSPS) is 11.1. The Hall–Kier alpha value is -0.930. The van der Waals surface area contributed by atoms with Crippen LogP contribution in [0.4, 0.5) is 0 Å². The van der Waals surface area contributed by atoms with E-state index in [0.29, 0.717) is 6.61 Å². The van der Waals surface area contributed by atoms with Crippen LogP contribution in [0.2, 0.25) is 0 Å². The number of hydrogen-bond donors (Lipinski definition) is 0. The molecule has 1 heterocycles. The van der Waals surface area contributed by atoms with Crippen LogP contribution in [-0.4, -0.2) is 59.1 Å². The summed E-state index contributed by atoms with van der Waals surface area (Å²) in [5.74, 6) is 4.48. The van der Waals surface area contributed by atoms with Crippen molar-refractivity contribution in [2.24, 2.45) is 0 Å². The minimum absolute atomic E-state index is 0.363. The number of aromatic nitrogens is 1. The van der Waals surface area contributed by atoms with E-state index in [4.69, 9.17) is 21.7 Å². The number of carbonyl (C=O) groups is 1. The summed E-state index contributed by atoms with van der Waals surface area (Å²) in [4.78, 5) is 12.2. The first-order valence-electron chi connectivity index (χ1n) is 11.4. The van der Waals surface area contributed by atoms with Crippen molar-refractivity contribution in [1.82, 2.24) is 4.57 Å². The number of pyridine rings is 1. The molecule has 0 aliphatic heterocycles. The van der Waals surface area contributed by atoms with Gasteiger partial charge in [0.15, 0.2) is 0 Å². The minimum Gasteiger partial charge on any atom is -0.462 e. The van der Waals surface area contributed by atoms with Crippen LogP contribution in [0.25, 0.3) is 10.9 Å². The fraction of sp³-hybridized carbons (Fsp3) is 0.520. The van der Waals surface area contributed by atoms with Gasteiger partial charge < -0.3 is 14.0 Å². The van der Waals surface area contributed by atoms with Gasteiger partial charge in [0.1, 0.15) is 11.2 Å². The van der Waals surface area contributed by atoms with Crippen LogP contribution >= 0.6 is 47.5 Å². The second-order valence-electron chi connectivity index (χ2n) is 7.26. The van der Waals surface area contributed by atoms with Crippen LogP contribution in [0.3, 0.4) is 0 Å². The molecule has 0 aliphatic carbocycles. The van der Waals surface area contributed by atoms with Gasteiger partial charge in [-0.1, -0.05) is 44.8 Å². The Bertz CT molecular complexity index is 945. The van der Waals surface area contributed by atoms with E-state index in [9.17, 15) is 4.79 Å². The predicted molar refractivity (Wildman–Crippen MR) is 150 cm³/mol. The van der Waals surface area contributed by atoms with Crippen LogP contribution in [0, 0.1) is 4.64 Å². The summed E-state index contributed by atoms with van der Waals surface area (Å²) in [5.41, 5.74) is 2.62. The van der Waals surface area contributed by atoms with Gasteiger partial charge in [0.2, 0.25) is 0 Å². The van der Waals surface area contributed by atoms with E-state index >= 15 is 0 Å². The first-order valence-corrected chi connectivity index (χ1v) is 15.1. The van der Waals surface area contributed by atoms with Crippen LogP contribution in [0.1, 0.15) is 25.8 Å². The molecule has 0 N–H and O–H groups in total. The molecule has 0 spiro atoms. The number of thioether (sulfide) groups is 3. The van der Waals surface area contributed by atoms with Gasteiger partial charge in [0.25, 0.3) is 0 Å². The highest BCUT2D eigenvalue weighted by atomic mass is 32.2. The lowest BCUT2D eigenvalue weighted by molar-refractivity contribution is -0.137. The van der Waals surface area contributed by atoms with Gasteiger partial charge in [0, 0.05) is 51.7 Å². The summed E-state index contributed by atoms with van der Waals surface area (Å²) in [6, 6.07) is 8.99. The molecule has 0 fully saturated rings. The van der Waals surface area contributed by atoms with E-state index in [-0.39, 0.29) is 5.97 Å². The molecule has 4 nitrogen and oxygen atoms in total. The molecule has 0 saturated carbocycles. The number of fused-ring (bicyclic) bond motifs is 1. The third-order valence-corrected chi connectivity index (χ3v) is 8.37. The van der Waals surface area contributed by atoms with E-state index in [1.807, 2.05) is 23.5 Å². The number of benzene rings is 1. The monoisotopic (exact) mass is 525 g/mol. The van der Waals surface area contributed by atoms with Gasteiger partial charge >= 0.3 is 5.97 Å². The first-order chi connectivity index (χ1) is 16.1. The molecule has 1 aromatic heterocycles. The van der Waals surface area contributed by atoms with E-state index < -0.39 is 0 Å². The Labute approximate surface area is 216 Å². The molecule has 0 unspecified atom stereocenters. The molecule has 182 valence electrons. The van der Waals surface area contributed by atoms with Crippen molar-refractivity contribution in [2.45, 2.75) is 38.1 Å². The number of aryl methyl sites for hydroxylation is 2. The molecule has 0 atom stereocenters. The molecule has 0 bridgehead atoms. The standard InChI is InChI=1S/C25H35NO3S4/c1-4-9-26-22-18-20(5-2)7-8-21(22)23(19-24(26)30)33-17-16-32-14-11-28-10-13-31-15-12-29-25(27)6-3/h6-8,18-19H,3-5,9-17H2,1-2H3. The minimum atomic E-state index is -0.363. The summed E-state index contributed by atoms with van der Waals surface area (Å²) in [7, 11) is 0. The number of hydrogen-bond acceptors (Lipinski definition) is 7. The molecular formula is C25H35NO3S4. The Morgan fingerprint density at radius 2 is 1.79 bits per heavy atom. The Morgan fingerprint density at radius 3 is 2.48 bits per heavy atom. The van der Waals surface area contributed by atoms with Crippen molar-refractivity contribution in [3.05, 3.63) is 47.1 Å². The van der Waals surface area contributed by atoms with Gasteiger partial charge in [-0.25, -0.2) is 4.79 Å². The highest BCUT2D eigenvalue weighted by Gasteiger charge is 2.08. The topological polar surface area (TPSA) is 40.5 Å². The zero-order valence-electron chi connectivity index (χ0n) is 19.7. The van der Waals surface area contributed by atoms with Crippen molar-refractivity contribution in [3.8, 4) is 0 Å². The zero-order chi connectivity index (χ0) is 23.9. The summed E-state index contributed by atoms with van der Waals surface area (Å²) < 4.78 is 13.8. The van der Waals surface area contributed by atoms with E-state index in [1.54, 1.807) is 11.8 Å². The smallest absolute Gasteiger partial charge is 0.330 e. The zero-order valence-corrected chi connectivity index (χ0v) is 22.9. The van der Waals surface area contributed by atoms with Gasteiger partial charge in [-0.3, -0.25) is 0 Å². The molecule has 33 heavy (non-hydrogen) atoms. The number of nitrogens with zero attached hydrogens (tertiary/aromatic N) is 1. The third kappa shape index (κ3) is 10.1. The van der Waals surface area contributed by atoms with Gasteiger partial charge in [-0.05, 0) is 30.5 Å². The van der Waals surface area contributed by atoms with Gasteiger partial charge in [0.05, 0.1) is 18.7 Å². The Balaban J connectivity index is 1.67. The summed E-state index contributed by atoms with van der Waals surface area (Å²) in [5, 5.41) is 1.31. The summed E-state index contributed by atoms with van der Waals surface area (Å²) in [6.45, 7) is 10.6. The van der Waals surface area contributed by atoms with Crippen LogP contribution in [0.5, 0.6) is 0 Å². The fourth-order valence-corrected chi connectivity index (χ4v) is 6.21. The van der Waals surface area contributed by atoms with Crippen molar-refractivity contribution in [2.75, 3.05) is 48.6 Å². The highest BCUT2D eigenvalue weighted by molar-refractivity contribution is 8.03. The SMILES string of the molecule is C=CC(=O)OCCSCCOCCSCCSc1cc(=S)n(CCC)c2cc(CC)ccc12. The molecule has 1 aromatic carbocycles. The number of carbonyl (C=O) groups excluding carboxylic acids is 1. The van der Waals surface area contributed by atoms with E-state index in [1.165, 1.54) is 27.4 Å². The Morgan fingerprint density at radius 1 is 1.06 bits per heavy atom. The second kappa shape index (κ2) is 16.7. The molecule has 2 aromatic rings. The summed E-state index contributed by atoms with van der Waals surface area (Å²) in [6.07, 6.45) is 3.30. The molecule has 0 radical (unpaired) electrons. The maximum atomic E-state index is 10.9. The van der Waals surface area contributed by atoms with Crippen LogP contribution < -0.4 is 0 Å². The number of esters is 1. The van der Waals surface area contributed by atoms with Crippen LogP contribution in [0.15, 0.2) is 41.8 Å². The number of ether oxygens (including phenoxy) is 2. The molecule has 8 heteroatoms. The summed E-state index contributed by atoms with van der Waals surface area (Å²) >= 11 is 11.3. The van der Waals surface area contributed by atoms with Crippen molar-refractivity contribution in [3.63, 3.8) is 0 Å². The van der Waals surface area contributed by atoms with Crippen LogP contribution in [-0.2, 0) is 27.2 Å². The van der Waals surface area contributed by atoms with E-state index in [2.05, 4.69) is 49.3 Å². The lowest BCUT2D eigenvalue weighted by Gasteiger charge is -2.15. The predicted octanol–water partition coefficient (Wildman–Crippen LogP) is 6.65. The molecule has 2 rings (SSSR count). The average Bonchev–Trinajstić information content (AvgIpc) is 2.83. The maximum absolute atomic E-state index is 10.9. The fourth-order valence-electron chi connectivity index (χ4n) is 3.20. The van der Waals surface area contributed by atoms with Crippen molar-refractivity contribution in [1.29, 1.82) is 0 Å². The largest absolute Gasteiger partial charge is 0.462 e. The van der Waals surface area contributed by atoms with E-state index in [0.717, 1.165) is 66.0 Å². The highest BCUT2D eigenvalue weighted by Crippen LogP contribution is 2.30.